The molecule has 0 aliphatic carbocycles. The molecule has 2 N–H and O–H groups in total. The summed E-state index contributed by atoms with van der Waals surface area (Å²) in [5.41, 5.74) is 2.39. The lowest BCUT2D eigenvalue weighted by atomic mass is 10.2. The van der Waals surface area contributed by atoms with Gasteiger partial charge in [-0.1, -0.05) is 11.6 Å². The molecule has 0 saturated heterocycles. The van der Waals surface area contributed by atoms with Crippen LogP contribution in [-0.2, 0) is 6.54 Å². The molecule has 0 aliphatic rings. The highest BCUT2D eigenvalue weighted by Crippen LogP contribution is 2.21. The van der Waals surface area contributed by atoms with Gasteiger partial charge in [-0.05, 0) is 30.3 Å². The van der Waals surface area contributed by atoms with Gasteiger partial charge in [0.05, 0.1) is 12.1 Å². The van der Waals surface area contributed by atoms with Gasteiger partial charge in [0.25, 0.3) is 5.91 Å². The molecule has 0 fully saturated rings. The van der Waals surface area contributed by atoms with Crippen molar-refractivity contribution in [3.05, 3.63) is 59.3 Å². The molecule has 3 aromatic rings. The third-order valence-corrected chi connectivity index (χ3v) is 3.71. The van der Waals surface area contributed by atoms with Crippen molar-refractivity contribution < 1.29 is 19.1 Å². The van der Waals surface area contributed by atoms with Crippen LogP contribution < -0.4 is 10.2 Å². The lowest BCUT2D eigenvalue weighted by Gasteiger charge is -2.09. The fraction of sp³-hybridized carbons (Fsp3) is 0.125. The van der Waals surface area contributed by atoms with Crippen molar-refractivity contribution in [1.82, 2.24) is 15.0 Å². The Labute approximate surface area is 141 Å². The van der Waals surface area contributed by atoms with E-state index < -0.39 is 11.7 Å². The number of pyridine rings is 1. The maximum absolute atomic E-state index is 13.7. The van der Waals surface area contributed by atoms with Crippen LogP contribution in [0.2, 0.25) is 5.02 Å². The van der Waals surface area contributed by atoms with Crippen molar-refractivity contribution in [3.8, 4) is 5.75 Å². The average Bonchev–Trinajstić information content (AvgIpc) is 2.98. The predicted molar refractivity (Wildman–Crippen MR) is 85.9 cm³/mol. The minimum atomic E-state index is -0.691. The van der Waals surface area contributed by atoms with Gasteiger partial charge in [0.15, 0.2) is 11.6 Å². The summed E-state index contributed by atoms with van der Waals surface area (Å²) in [6, 6.07) is 7.61. The zero-order valence-electron chi connectivity index (χ0n) is 12.4. The Kier molecular flexibility index (Phi) is 4.64. The number of halogens is 2. The number of carbonyl (C=O) groups excluding carboxylic acids is 1. The Balaban J connectivity index is 1.74. The first kappa shape index (κ1) is 16.2. The predicted octanol–water partition coefficient (Wildman–Crippen LogP) is 3.03. The highest BCUT2D eigenvalue weighted by Gasteiger charge is 2.10. The molecule has 124 valence electrons. The molecule has 1 amide bonds. The van der Waals surface area contributed by atoms with Crippen LogP contribution in [0.15, 0.2) is 42.7 Å². The van der Waals surface area contributed by atoms with Crippen LogP contribution >= 0.6 is 11.6 Å². The number of nitrogens with one attached hydrogen (secondary N) is 1. The van der Waals surface area contributed by atoms with Gasteiger partial charge < -0.3 is 9.30 Å². The first-order valence-corrected chi connectivity index (χ1v) is 7.43. The van der Waals surface area contributed by atoms with Crippen molar-refractivity contribution in [2.24, 2.45) is 0 Å². The molecule has 2 aromatic heterocycles. The Morgan fingerprint density at radius 2 is 2.21 bits per heavy atom. The van der Waals surface area contributed by atoms with Gasteiger partial charge in [-0.2, -0.15) is 0 Å². The molecule has 0 bridgehead atoms. The summed E-state index contributed by atoms with van der Waals surface area (Å²) in [6.45, 7) is 0.669. The zero-order valence-corrected chi connectivity index (χ0v) is 13.1. The summed E-state index contributed by atoms with van der Waals surface area (Å²) >= 11 is 5.69. The lowest BCUT2D eigenvalue weighted by molar-refractivity contribution is 0.0701. The summed E-state index contributed by atoms with van der Waals surface area (Å²) in [7, 11) is 0. The van der Waals surface area contributed by atoms with Gasteiger partial charge in [-0.25, -0.2) is 9.87 Å². The quantitative estimate of drug-likeness (QED) is 0.548. The van der Waals surface area contributed by atoms with E-state index in [2.05, 4.69) is 4.98 Å². The highest BCUT2D eigenvalue weighted by atomic mass is 35.5. The topological polar surface area (TPSA) is 76.4 Å². The molecule has 24 heavy (non-hydrogen) atoms. The standard InChI is InChI=1S/C16H13ClFN3O3/c17-11-1-2-15(12(18)7-11)24-6-5-21-4-3-10-9-19-13(8-14(10)21)16(22)20-23/h1-4,7-9,23H,5-6H2,(H,20,22). The van der Waals surface area contributed by atoms with Gasteiger partial charge in [-0.3, -0.25) is 15.0 Å². The number of aromatic nitrogens is 2. The Bertz CT molecular complexity index is 897. The second-order valence-corrected chi connectivity index (χ2v) is 5.44. The SMILES string of the molecule is O=C(NO)c1cc2c(ccn2CCOc2ccc(Cl)cc2F)cn1. The Hall–Kier alpha value is -2.64. The number of amides is 1. The van der Waals surface area contributed by atoms with E-state index >= 15 is 0 Å². The van der Waals surface area contributed by atoms with Crippen LogP contribution in [-0.4, -0.2) is 27.3 Å². The Morgan fingerprint density at radius 3 is 2.96 bits per heavy atom. The molecule has 2 heterocycles. The lowest BCUT2D eigenvalue weighted by Crippen LogP contribution is -2.19. The van der Waals surface area contributed by atoms with Crippen molar-refractivity contribution in [1.29, 1.82) is 0 Å². The van der Waals surface area contributed by atoms with Crippen molar-refractivity contribution >= 4 is 28.4 Å². The third-order valence-electron chi connectivity index (χ3n) is 3.47. The Morgan fingerprint density at radius 1 is 1.38 bits per heavy atom. The summed E-state index contributed by atoms with van der Waals surface area (Å²) < 4.78 is 20.9. The fourth-order valence-electron chi connectivity index (χ4n) is 2.31. The summed E-state index contributed by atoms with van der Waals surface area (Å²) in [5.74, 6) is -1.09. The van der Waals surface area contributed by atoms with Crippen LogP contribution in [0.3, 0.4) is 0 Å². The number of benzene rings is 1. The van der Waals surface area contributed by atoms with E-state index in [1.807, 2.05) is 16.8 Å². The third kappa shape index (κ3) is 3.32. The van der Waals surface area contributed by atoms with Gasteiger partial charge in [0.2, 0.25) is 0 Å². The molecule has 0 aliphatic heterocycles. The van der Waals surface area contributed by atoms with Gasteiger partial charge >= 0.3 is 0 Å². The van der Waals surface area contributed by atoms with Crippen LogP contribution in [0.1, 0.15) is 10.5 Å². The minimum Gasteiger partial charge on any atom is -0.489 e. The zero-order chi connectivity index (χ0) is 17.1. The van der Waals surface area contributed by atoms with E-state index in [1.165, 1.54) is 18.3 Å². The highest BCUT2D eigenvalue weighted by molar-refractivity contribution is 6.30. The van der Waals surface area contributed by atoms with Gasteiger partial charge in [-0.15, -0.1) is 0 Å². The van der Waals surface area contributed by atoms with E-state index in [-0.39, 0.29) is 18.1 Å². The molecule has 3 rings (SSSR count). The molecule has 0 saturated carbocycles. The first-order valence-electron chi connectivity index (χ1n) is 7.05. The fourth-order valence-corrected chi connectivity index (χ4v) is 2.46. The number of hydrogen-bond acceptors (Lipinski definition) is 4. The maximum Gasteiger partial charge on any atom is 0.293 e. The number of carbonyl (C=O) groups is 1. The second kappa shape index (κ2) is 6.86. The number of hydroxylamine groups is 1. The summed E-state index contributed by atoms with van der Waals surface area (Å²) in [5, 5.41) is 9.82. The van der Waals surface area contributed by atoms with E-state index in [9.17, 15) is 9.18 Å². The maximum atomic E-state index is 13.7. The molecule has 0 unspecified atom stereocenters. The number of rotatable bonds is 5. The van der Waals surface area contributed by atoms with Crippen molar-refractivity contribution in [2.45, 2.75) is 6.54 Å². The van der Waals surface area contributed by atoms with Crippen LogP contribution in [0.4, 0.5) is 4.39 Å². The average molecular weight is 350 g/mol. The second-order valence-electron chi connectivity index (χ2n) is 5.00. The van der Waals surface area contributed by atoms with Crippen LogP contribution in [0.5, 0.6) is 5.75 Å². The van der Waals surface area contributed by atoms with Gasteiger partial charge in [0.1, 0.15) is 12.3 Å². The van der Waals surface area contributed by atoms with E-state index in [4.69, 9.17) is 21.5 Å². The molecule has 0 radical (unpaired) electrons. The molecule has 8 heteroatoms. The van der Waals surface area contributed by atoms with Crippen molar-refractivity contribution in [2.75, 3.05) is 6.61 Å². The molecule has 0 spiro atoms. The molecular formula is C16H13ClFN3O3. The number of ether oxygens (including phenoxy) is 1. The molecule has 0 atom stereocenters. The summed E-state index contributed by atoms with van der Waals surface area (Å²) in [4.78, 5) is 15.4. The smallest absolute Gasteiger partial charge is 0.293 e. The van der Waals surface area contributed by atoms with Crippen LogP contribution in [0.25, 0.3) is 10.9 Å². The number of nitrogens with zero attached hydrogens (tertiary/aromatic N) is 2. The first-order chi connectivity index (χ1) is 11.6. The molecule has 6 nitrogen and oxygen atoms in total. The van der Waals surface area contributed by atoms with Crippen LogP contribution in [0, 0.1) is 5.82 Å². The van der Waals surface area contributed by atoms with E-state index in [1.54, 1.807) is 17.6 Å². The number of fused-ring (bicyclic) bond motifs is 1. The largest absolute Gasteiger partial charge is 0.489 e. The minimum absolute atomic E-state index is 0.0922. The van der Waals surface area contributed by atoms with E-state index in [0.29, 0.717) is 11.6 Å². The van der Waals surface area contributed by atoms with E-state index in [0.717, 1.165) is 10.9 Å². The monoisotopic (exact) mass is 349 g/mol. The summed E-state index contributed by atoms with van der Waals surface area (Å²) in [6.07, 6.45) is 3.35. The molecular weight excluding hydrogens is 337 g/mol. The molecule has 1 aromatic carbocycles. The van der Waals surface area contributed by atoms with Gasteiger partial charge in [0, 0.05) is 22.8 Å². The number of hydrogen-bond donors (Lipinski definition) is 2. The van der Waals surface area contributed by atoms with Crippen molar-refractivity contribution in [3.63, 3.8) is 0 Å². The normalized spacial score (nSPS) is 10.8.